The van der Waals surface area contributed by atoms with Crippen molar-refractivity contribution in [3.8, 4) is 0 Å². The lowest BCUT2D eigenvalue weighted by molar-refractivity contribution is -0.133. The van der Waals surface area contributed by atoms with Crippen LogP contribution in [0.5, 0.6) is 0 Å². The van der Waals surface area contributed by atoms with Crippen molar-refractivity contribution in [3.63, 3.8) is 0 Å². The highest BCUT2D eigenvalue weighted by Crippen LogP contribution is 2.35. The number of amides is 1. The van der Waals surface area contributed by atoms with Crippen LogP contribution in [0.4, 0.5) is 0 Å². The summed E-state index contributed by atoms with van der Waals surface area (Å²) in [6.07, 6.45) is 0.509. The third kappa shape index (κ3) is 3.72. The van der Waals surface area contributed by atoms with Crippen LogP contribution >= 0.6 is 33.9 Å². The van der Waals surface area contributed by atoms with E-state index in [1.54, 1.807) is 29.2 Å². The molecule has 1 aliphatic heterocycles. The lowest BCUT2D eigenvalue weighted by Crippen LogP contribution is -2.40. The zero-order valence-electron chi connectivity index (χ0n) is 13.9. The Balaban J connectivity index is 1.90. The monoisotopic (exact) mass is 431 g/mol. The van der Waals surface area contributed by atoms with Crippen LogP contribution in [0.25, 0.3) is 0 Å². The van der Waals surface area contributed by atoms with Crippen LogP contribution in [0, 0.1) is 0 Å². The molecule has 138 valence electrons. The summed E-state index contributed by atoms with van der Waals surface area (Å²) in [5.41, 5.74) is 2.06. The molecule has 0 radical (unpaired) electrons. The molecule has 2 aromatic rings. The first-order chi connectivity index (χ1) is 12.2. The molecule has 0 bridgehead atoms. The van der Waals surface area contributed by atoms with E-state index in [1.165, 1.54) is 6.07 Å². The van der Waals surface area contributed by atoms with Crippen molar-refractivity contribution in [3.05, 3.63) is 63.1 Å². The maximum Gasteiger partial charge on any atom is 0.261 e. The van der Waals surface area contributed by atoms with Gasteiger partial charge < -0.3 is 4.90 Å². The van der Waals surface area contributed by atoms with Crippen molar-refractivity contribution in [1.82, 2.24) is 4.90 Å². The number of nitrogens with zero attached hydrogens (tertiary/aromatic N) is 1. The highest BCUT2D eigenvalue weighted by molar-refractivity contribution is 8.13. The number of hydrogen-bond donors (Lipinski definition) is 0. The summed E-state index contributed by atoms with van der Waals surface area (Å²) in [5.74, 6) is -0.114. The third-order valence-electron chi connectivity index (χ3n) is 4.66. The smallest absolute Gasteiger partial charge is 0.261 e. The molecule has 26 heavy (non-hydrogen) atoms. The average molecular weight is 433 g/mol. The number of fused-ring (bicyclic) bond motifs is 1. The van der Waals surface area contributed by atoms with Gasteiger partial charge in [-0.2, -0.15) is 0 Å². The maximum atomic E-state index is 12.8. The Morgan fingerprint density at radius 1 is 1.15 bits per heavy atom. The van der Waals surface area contributed by atoms with Crippen molar-refractivity contribution in [2.75, 3.05) is 6.54 Å². The summed E-state index contributed by atoms with van der Waals surface area (Å²) in [7, 11) is 1.72. The minimum atomic E-state index is -3.83. The van der Waals surface area contributed by atoms with Gasteiger partial charge in [0.05, 0.1) is 17.4 Å². The molecule has 0 aromatic heterocycles. The molecule has 4 nitrogen and oxygen atoms in total. The molecular weight excluding hydrogens is 417 g/mol. The topological polar surface area (TPSA) is 54.5 Å². The number of carbonyl (C=O) groups excluding carboxylic acids is 1. The molecule has 1 heterocycles. The van der Waals surface area contributed by atoms with Gasteiger partial charge in [0.25, 0.3) is 9.05 Å². The second kappa shape index (κ2) is 7.39. The third-order valence-corrected chi connectivity index (χ3v) is 6.78. The van der Waals surface area contributed by atoms with E-state index in [0.717, 1.165) is 5.56 Å². The lowest BCUT2D eigenvalue weighted by atomic mass is 9.93. The number of rotatable bonds is 3. The van der Waals surface area contributed by atoms with Gasteiger partial charge in [-0.25, -0.2) is 8.42 Å². The normalized spacial score (nSPS) is 17.1. The first-order valence-corrected chi connectivity index (χ1v) is 11.1. The Kier molecular flexibility index (Phi) is 5.54. The predicted molar refractivity (Wildman–Crippen MR) is 103 cm³/mol. The van der Waals surface area contributed by atoms with Gasteiger partial charge in [0.15, 0.2) is 0 Å². The van der Waals surface area contributed by atoms with Gasteiger partial charge in [0, 0.05) is 27.3 Å². The number of hydrogen-bond acceptors (Lipinski definition) is 3. The van der Waals surface area contributed by atoms with Crippen LogP contribution in [0.3, 0.4) is 0 Å². The van der Waals surface area contributed by atoms with Crippen LogP contribution in [0.2, 0.25) is 10.0 Å². The average Bonchev–Trinajstić information content (AvgIpc) is 2.57. The molecule has 0 unspecified atom stereocenters. The molecule has 1 aliphatic rings. The van der Waals surface area contributed by atoms with E-state index in [-0.39, 0.29) is 23.3 Å². The second-order valence-corrected chi connectivity index (χ2v) is 9.50. The minimum Gasteiger partial charge on any atom is -0.335 e. The van der Waals surface area contributed by atoms with Gasteiger partial charge in [-0.15, -0.1) is 0 Å². The van der Waals surface area contributed by atoms with E-state index in [2.05, 4.69) is 0 Å². The molecule has 1 amide bonds. The van der Waals surface area contributed by atoms with Crippen LogP contribution in [-0.4, -0.2) is 25.8 Å². The van der Waals surface area contributed by atoms with Crippen LogP contribution in [-0.2, 0) is 26.7 Å². The molecule has 0 N–H and O–H groups in total. The standard InChI is InChI=1S/C18H16Cl3NO3S/c1-11-12-4-2-7-17(26(21,24)25)13(12)8-9-22(11)18(23)10-14-15(19)5-3-6-16(14)20/h2-7,11H,8-10H2,1H3/t11-/m0/s1. The molecule has 8 heteroatoms. The quantitative estimate of drug-likeness (QED) is 0.666. The van der Waals surface area contributed by atoms with Gasteiger partial charge >= 0.3 is 0 Å². The van der Waals surface area contributed by atoms with E-state index in [0.29, 0.717) is 34.1 Å². The molecule has 0 spiro atoms. The summed E-state index contributed by atoms with van der Waals surface area (Å²) in [6, 6.07) is 9.81. The van der Waals surface area contributed by atoms with Crippen LogP contribution in [0.15, 0.2) is 41.3 Å². The Bertz CT molecular complexity index is 955. The summed E-state index contributed by atoms with van der Waals surface area (Å²) >= 11 is 12.3. The van der Waals surface area contributed by atoms with Crippen molar-refractivity contribution < 1.29 is 13.2 Å². The first-order valence-electron chi connectivity index (χ1n) is 7.99. The highest BCUT2D eigenvalue weighted by atomic mass is 35.7. The maximum absolute atomic E-state index is 12.8. The van der Waals surface area contributed by atoms with Crippen molar-refractivity contribution in [2.24, 2.45) is 0 Å². The summed E-state index contributed by atoms with van der Waals surface area (Å²) in [6.45, 7) is 2.27. The molecule has 2 aromatic carbocycles. The van der Waals surface area contributed by atoms with E-state index in [9.17, 15) is 13.2 Å². The van der Waals surface area contributed by atoms with Gasteiger partial charge in [0.2, 0.25) is 5.91 Å². The SMILES string of the molecule is C[C@H]1c2cccc(S(=O)(=O)Cl)c2CCN1C(=O)Cc1c(Cl)cccc1Cl. The Morgan fingerprint density at radius 3 is 2.38 bits per heavy atom. The zero-order chi connectivity index (χ0) is 19.1. The summed E-state index contributed by atoms with van der Waals surface area (Å²) < 4.78 is 23.6. The van der Waals surface area contributed by atoms with E-state index >= 15 is 0 Å². The fraction of sp³-hybridized carbons (Fsp3) is 0.278. The number of halogens is 3. The van der Waals surface area contributed by atoms with E-state index in [1.807, 2.05) is 13.0 Å². The Morgan fingerprint density at radius 2 is 1.77 bits per heavy atom. The Labute approximate surface area is 167 Å². The molecule has 0 saturated carbocycles. The second-order valence-electron chi connectivity index (χ2n) is 6.15. The molecule has 0 fully saturated rings. The van der Waals surface area contributed by atoms with Crippen LogP contribution in [0.1, 0.15) is 29.7 Å². The lowest BCUT2D eigenvalue weighted by Gasteiger charge is -2.36. The van der Waals surface area contributed by atoms with Gasteiger partial charge in [0.1, 0.15) is 0 Å². The number of carbonyl (C=O) groups is 1. The fourth-order valence-corrected chi connectivity index (χ4v) is 5.08. The molecule has 3 rings (SSSR count). The molecular formula is C18H16Cl3NO3S. The Hall–Kier alpha value is -1.27. The first kappa shape index (κ1) is 19.5. The molecule has 1 atom stereocenters. The van der Waals surface area contributed by atoms with Gasteiger partial charge in [-0.05, 0) is 48.2 Å². The van der Waals surface area contributed by atoms with Gasteiger partial charge in [-0.1, -0.05) is 41.4 Å². The summed E-state index contributed by atoms with van der Waals surface area (Å²) in [4.78, 5) is 14.7. The molecule has 0 saturated heterocycles. The van der Waals surface area contributed by atoms with E-state index < -0.39 is 9.05 Å². The predicted octanol–water partition coefficient (Wildman–Crippen LogP) is 4.61. The highest BCUT2D eigenvalue weighted by Gasteiger charge is 2.31. The van der Waals surface area contributed by atoms with Gasteiger partial charge in [-0.3, -0.25) is 4.79 Å². The summed E-state index contributed by atoms with van der Waals surface area (Å²) in [5, 5.41) is 0.901. The van der Waals surface area contributed by atoms with Crippen molar-refractivity contribution >= 4 is 48.8 Å². The van der Waals surface area contributed by atoms with E-state index in [4.69, 9.17) is 33.9 Å². The number of benzene rings is 2. The van der Waals surface area contributed by atoms with Crippen molar-refractivity contribution in [1.29, 1.82) is 0 Å². The molecule has 0 aliphatic carbocycles. The zero-order valence-corrected chi connectivity index (χ0v) is 17.0. The van der Waals surface area contributed by atoms with Crippen molar-refractivity contribution in [2.45, 2.75) is 30.7 Å². The van der Waals surface area contributed by atoms with Crippen LogP contribution < -0.4 is 0 Å². The minimum absolute atomic E-state index is 0.0890. The fourth-order valence-electron chi connectivity index (χ4n) is 3.36. The largest absolute Gasteiger partial charge is 0.335 e.